The summed E-state index contributed by atoms with van der Waals surface area (Å²) >= 11 is 0. The highest BCUT2D eigenvalue weighted by atomic mass is 31.1. The fraction of sp³-hybridized carbons (Fsp3) is 0.385. The molecule has 0 aliphatic carbocycles. The summed E-state index contributed by atoms with van der Waals surface area (Å²) in [4.78, 5) is 0. The van der Waals surface area contributed by atoms with E-state index < -0.39 is 0 Å². The van der Waals surface area contributed by atoms with E-state index in [9.17, 15) is 0 Å². The van der Waals surface area contributed by atoms with Gasteiger partial charge in [-0.15, -0.1) is 0 Å². The molecule has 0 nitrogen and oxygen atoms in total. The SMILES string of the molecule is CC(C)c1cc(PC(CC(Pc2cc(C(C)C)cc(C(C)C)c2)c2ccccc2)c2ccccc2)cc(C(C)C)c1. The van der Waals surface area contributed by atoms with E-state index in [1.165, 1.54) is 44.0 Å². The van der Waals surface area contributed by atoms with Crippen LogP contribution in [0.1, 0.15) is 130 Å². The lowest BCUT2D eigenvalue weighted by molar-refractivity contribution is 0.780. The maximum absolute atomic E-state index is 2.49. The molecule has 4 aromatic rings. The van der Waals surface area contributed by atoms with Gasteiger partial charge in [0.15, 0.2) is 0 Å². The molecule has 0 bridgehead atoms. The van der Waals surface area contributed by atoms with Crippen LogP contribution in [0.15, 0.2) is 97.1 Å². The highest BCUT2D eigenvalue weighted by Gasteiger charge is 2.22. The Kier molecular flexibility index (Phi) is 11.4. The summed E-state index contributed by atoms with van der Waals surface area (Å²) in [6.07, 6.45) is 1.15. The van der Waals surface area contributed by atoms with Crippen molar-refractivity contribution in [2.75, 3.05) is 0 Å². The van der Waals surface area contributed by atoms with Crippen LogP contribution in [0.25, 0.3) is 0 Å². The number of benzene rings is 4. The Bertz CT molecular complexity index is 1210. The Balaban J connectivity index is 1.74. The van der Waals surface area contributed by atoms with Gasteiger partial charge in [-0.2, -0.15) is 0 Å². The van der Waals surface area contributed by atoms with Gasteiger partial charge in [0.1, 0.15) is 0 Å². The molecule has 41 heavy (non-hydrogen) atoms. The van der Waals surface area contributed by atoms with Crippen LogP contribution in [0.5, 0.6) is 0 Å². The van der Waals surface area contributed by atoms with Crippen molar-refractivity contribution < 1.29 is 0 Å². The molecule has 216 valence electrons. The van der Waals surface area contributed by atoms with Gasteiger partial charge in [-0.25, -0.2) is 0 Å². The molecule has 0 saturated heterocycles. The molecule has 0 aromatic heterocycles. The molecule has 2 heteroatoms. The largest absolute Gasteiger partial charge is 0.0827 e. The van der Waals surface area contributed by atoms with Gasteiger partial charge >= 0.3 is 0 Å². The average Bonchev–Trinajstić information content (AvgIpc) is 2.96. The Morgan fingerprint density at radius 2 is 0.683 bits per heavy atom. The Morgan fingerprint density at radius 3 is 0.951 bits per heavy atom. The molecule has 0 amide bonds. The molecule has 4 unspecified atom stereocenters. The topological polar surface area (TPSA) is 0 Å². The molecule has 0 spiro atoms. The Morgan fingerprint density at radius 1 is 0.390 bits per heavy atom. The molecular weight excluding hydrogens is 530 g/mol. The molecule has 0 heterocycles. The van der Waals surface area contributed by atoms with E-state index in [-0.39, 0.29) is 0 Å². The maximum atomic E-state index is 2.49. The monoisotopic (exact) mass is 580 g/mol. The molecule has 4 atom stereocenters. The van der Waals surface area contributed by atoms with Gasteiger partial charge in [0, 0.05) is 11.3 Å². The Hall–Kier alpha value is -2.26. The summed E-state index contributed by atoms with van der Waals surface area (Å²) in [6, 6.07) is 37.4. The van der Waals surface area contributed by atoms with Gasteiger partial charge in [0.25, 0.3) is 0 Å². The smallest absolute Gasteiger partial charge is 0.00638 e. The normalized spacial score (nSPS) is 14.0. The van der Waals surface area contributed by atoms with Gasteiger partial charge in [-0.1, -0.05) is 170 Å². The molecule has 0 radical (unpaired) electrons. The van der Waals surface area contributed by atoms with Crippen LogP contribution >= 0.6 is 17.2 Å². The predicted octanol–water partition coefficient (Wildman–Crippen LogP) is 11.4. The van der Waals surface area contributed by atoms with Crippen molar-refractivity contribution in [2.24, 2.45) is 0 Å². The lowest BCUT2D eigenvalue weighted by Crippen LogP contribution is -2.10. The third-order valence-electron chi connectivity index (χ3n) is 8.18. The summed E-state index contributed by atoms with van der Waals surface area (Å²) in [6.45, 7) is 18.6. The van der Waals surface area contributed by atoms with Gasteiger partial charge in [-0.3, -0.25) is 0 Å². The van der Waals surface area contributed by atoms with Crippen molar-refractivity contribution in [3.05, 3.63) is 130 Å². The summed E-state index contributed by atoms with van der Waals surface area (Å²) in [7, 11) is 1.48. The van der Waals surface area contributed by atoms with E-state index in [0.717, 1.165) is 23.6 Å². The third-order valence-corrected chi connectivity index (χ3v) is 11.3. The van der Waals surface area contributed by atoms with E-state index in [4.69, 9.17) is 0 Å². The minimum absolute atomic E-state index is 0.481. The van der Waals surface area contributed by atoms with Crippen molar-refractivity contribution in [1.29, 1.82) is 0 Å². The molecule has 0 aliphatic rings. The lowest BCUT2D eigenvalue weighted by atomic mass is 9.96. The highest BCUT2D eigenvalue weighted by Crippen LogP contribution is 2.48. The molecular formula is C39H50P2. The van der Waals surface area contributed by atoms with Crippen LogP contribution in [0.4, 0.5) is 0 Å². The Labute approximate surface area is 254 Å². The fourth-order valence-corrected chi connectivity index (χ4v) is 8.88. The first-order valence-electron chi connectivity index (χ1n) is 15.5. The number of hydrogen-bond acceptors (Lipinski definition) is 0. The van der Waals surface area contributed by atoms with Crippen molar-refractivity contribution in [3.8, 4) is 0 Å². The van der Waals surface area contributed by atoms with Crippen LogP contribution in [-0.2, 0) is 0 Å². The average molecular weight is 581 g/mol. The maximum Gasteiger partial charge on any atom is 0.00638 e. The van der Waals surface area contributed by atoms with Crippen LogP contribution in [0, 0.1) is 0 Å². The number of rotatable bonds is 12. The second-order valence-electron chi connectivity index (χ2n) is 12.8. The zero-order valence-electron chi connectivity index (χ0n) is 26.4. The predicted molar refractivity (Wildman–Crippen MR) is 188 cm³/mol. The van der Waals surface area contributed by atoms with Gasteiger partial charge in [-0.05, 0) is 74.1 Å². The summed E-state index contributed by atoms with van der Waals surface area (Å²) < 4.78 is 0. The standard InChI is InChI=1S/C39H50P2/c1-26(2)32-19-33(27(3)4)22-36(21-32)40-38(30-15-11-9-12-16-30)25-39(31-17-13-10-14-18-31)41-37-23-34(28(5)6)20-35(24-37)29(7)8/h9-24,26-29,38-41H,25H2,1-8H3. The molecule has 0 fully saturated rings. The van der Waals surface area contributed by atoms with E-state index in [2.05, 4.69) is 152 Å². The summed E-state index contributed by atoms with van der Waals surface area (Å²) in [5, 5.41) is 3.01. The minimum atomic E-state index is 0.481. The van der Waals surface area contributed by atoms with Crippen molar-refractivity contribution in [1.82, 2.24) is 0 Å². The highest BCUT2D eigenvalue weighted by molar-refractivity contribution is 7.48. The van der Waals surface area contributed by atoms with Crippen LogP contribution < -0.4 is 10.6 Å². The van der Waals surface area contributed by atoms with E-state index in [1.54, 1.807) is 0 Å². The second kappa shape index (κ2) is 14.8. The zero-order valence-corrected chi connectivity index (χ0v) is 28.4. The zero-order chi connectivity index (χ0) is 29.5. The van der Waals surface area contributed by atoms with Crippen LogP contribution in [0.2, 0.25) is 0 Å². The third kappa shape index (κ3) is 8.87. The summed E-state index contributed by atoms with van der Waals surface area (Å²) in [5.74, 6) is 2.15. The van der Waals surface area contributed by atoms with Gasteiger partial charge in [0.2, 0.25) is 0 Å². The van der Waals surface area contributed by atoms with E-state index >= 15 is 0 Å². The first-order valence-corrected chi connectivity index (χ1v) is 17.7. The number of hydrogen-bond donors (Lipinski definition) is 0. The molecule has 4 rings (SSSR count). The van der Waals surface area contributed by atoms with Crippen molar-refractivity contribution in [2.45, 2.75) is 96.8 Å². The molecule has 0 saturated carbocycles. The molecule has 4 aromatic carbocycles. The first kappa shape index (κ1) is 31.7. The summed E-state index contributed by atoms with van der Waals surface area (Å²) in [5.41, 5.74) is 9.78. The second-order valence-corrected chi connectivity index (χ2v) is 16.0. The molecule has 0 aliphatic heterocycles. The van der Waals surface area contributed by atoms with Crippen LogP contribution in [-0.4, -0.2) is 0 Å². The van der Waals surface area contributed by atoms with Gasteiger partial charge in [0.05, 0.1) is 0 Å². The quantitative estimate of drug-likeness (QED) is 0.146. The van der Waals surface area contributed by atoms with E-state index in [1.807, 2.05) is 0 Å². The van der Waals surface area contributed by atoms with Crippen molar-refractivity contribution >= 4 is 27.8 Å². The fourth-order valence-electron chi connectivity index (χ4n) is 5.42. The lowest BCUT2D eigenvalue weighted by Gasteiger charge is -2.26. The first-order chi connectivity index (χ1) is 19.6. The van der Waals surface area contributed by atoms with E-state index in [0.29, 0.717) is 35.0 Å². The van der Waals surface area contributed by atoms with Crippen LogP contribution in [0.3, 0.4) is 0 Å². The molecule has 0 N–H and O–H groups in total. The minimum Gasteiger partial charge on any atom is -0.0827 e. The van der Waals surface area contributed by atoms with Crippen molar-refractivity contribution in [3.63, 3.8) is 0 Å². The van der Waals surface area contributed by atoms with Gasteiger partial charge < -0.3 is 0 Å².